The van der Waals surface area contributed by atoms with Crippen LogP contribution in [0.4, 0.5) is 0 Å². The lowest BCUT2D eigenvalue weighted by atomic mass is 9.82. The van der Waals surface area contributed by atoms with Gasteiger partial charge in [0.1, 0.15) is 0 Å². The summed E-state index contributed by atoms with van der Waals surface area (Å²) in [5.74, 6) is 1.69. The van der Waals surface area contributed by atoms with Gasteiger partial charge in [-0.3, -0.25) is 0 Å². The van der Waals surface area contributed by atoms with Crippen molar-refractivity contribution in [3.05, 3.63) is 11.7 Å². The van der Waals surface area contributed by atoms with Gasteiger partial charge >= 0.3 is 0 Å². The molecule has 2 aliphatic rings. The van der Waals surface area contributed by atoms with E-state index in [4.69, 9.17) is 15.0 Å². The summed E-state index contributed by atoms with van der Waals surface area (Å²) in [6.07, 6.45) is 6.46. The van der Waals surface area contributed by atoms with E-state index in [-0.39, 0.29) is 5.54 Å². The zero-order valence-electron chi connectivity index (χ0n) is 10.0. The number of hydrogen-bond acceptors (Lipinski definition) is 5. The van der Waals surface area contributed by atoms with Gasteiger partial charge in [-0.05, 0) is 19.3 Å². The monoisotopic (exact) mass is 237 g/mol. The fourth-order valence-corrected chi connectivity index (χ4v) is 2.74. The highest BCUT2D eigenvalue weighted by Crippen LogP contribution is 2.34. The van der Waals surface area contributed by atoms with E-state index < -0.39 is 0 Å². The molecule has 1 atom stereocenters. The third-order valence-electron chi connectivity index (χ3n) is 3.91. The second-order valence-electron chi connectivity index (χ2n) is 5.24. The molecule has 0 radical (unpaired) electrons. The number of aromatic nitrogens is 2. The standard InChI is InChI=1S/C12H19N3O2/c13-12(5-2-1-3-6-12)11-14-10(15-17-11)9-4-7-16-8-9/h9H,1-8,13H2/t9-/m1/s1. The molecule has 1 aliphatic carbocycles. The third kappa shape index (κ3) is 2.09. The van der Waals surface area contributed by atoms with Crippen molar-refractivity contribution in [2.75, 3.05) is 13.2 Å². The van der Waals surface area contributed by atoms with Crippen LogP contribution in [-0.2, 0) is 10.3 Å². The molecule has 0 aromatic carbocycles. The second-order valence-corrected chi connectivity index (χ2v) is 5.24. The van der Waals surface area contributed by atoms with E-state index in [0.717, 1.165) is 44.5 Å². The maximum Gasteiger partial charge on any atom is 0.246 e. The Hall–Kier alpha value is -0.940. The number of rotatable bonds is 2. The zero-order valence-corrected chi connectivity index (χ0v) is 10.0. The molecule has 1 aromatic rings. The highest BCUT2D eigenvalue weighted by Gasteiger charge is 2.36. The molecule has 2 heterocycles. The minimum atomic E-state index is -0.386. The number of nitrogens with zero attached hydrogens (tertiary/aromatic N) is 2. The summed E-state index contributed by atoms with van der Waals surface area (Å²) in [5, 5.41) is 4.07. The van der Waals surface area contributed by atoms with Crippen LogP contribution in [0, 0.1) is 0 Å². The van der Waals surface area contributed by atoms with Crippen LogP contribution >= 0.6 is 0 Å². The first-order valence-electron chi connectivity index (χ1n) is 6.49. The van der Waals surface area contributed by atoms with Crippen molar-refractivity contribution in [3.8, 4) is 0 Å². The molecule has 3 rings (SSSR count). The maximum atomic E-state index is 6.36. The van der Waals surface area contributed by atoms with Gasteiger partial charge in [0.2, 0.25) is 5.89 Å². The van der Waals surface area contributed by atoms with Crippen LogP contribution < -0.4 is 5.73 Å². The van der Waals surface area contributed by atoms with Crippen LogP contribution in [0.25, 0.3) is 0 Å². The van der Waals surface area contributed by atoms with Crippen molar-refractivity contribution < 1.29 is 9.26 Å². The van der Waals surface area contributed by atoms with Crippen molar-refractivity contribution >= 4 is 0 Å². The Bertz CT molecular complexity index is 379. The van der Waals surface area contributed by atoms with Gasteiger partial charge in [-0.15, -0.1) is 0 Å². The van der Waals surface area contributed by atoms with Crippen molar-refractivity contribution in [1.82, 2.24) is 10.1 Å². The van der Waals surface area contributed by atoms with Gasteiger partial charge in [-0.25, -0.2) is 0 Å². The lowest BCUT2D eigenvalue weighted by Crippen LogP contribution is -2.39. The molecule has 94 valence electrons. The van der Waals surface area contributed by atoms with E-state index >= 15 is 0 Å². The molecule has 0 amide bonds. The smallest absolute Gasteiger partial charge is 0.246 e. The van der Waals surface area contributed by atoms with Crippen molar-refractivity contribution in [1.29, 1.82) is 0 Å². The van der Waals surface area contributed by atoms with E-state index in [1.54, 1.807) is 0 Å². The summed E-state index contributed by atoms with van der Waals surface area (Å²) >= 11 is 0. The minimum Gasteiger partial charge on any atom is -0.381 e. The topological polar surface area (TPSA) is 74.2 Å². The largest absolute Gasteiger partial charge is 0.381 e. The lowest BCUT2D eigenvalue weighted by molar-refractivity contribution is 0.192. The highest BCUT2D eigenvalue weighted by molar-refractivity contribution is 5.06. The first kappa shape index (κ1) is 11.2. The third-order valence-corrected chi connectivity index (χ3v) is 3.91. The summed E-state index contributed by atoms with van der Waals surface area (Å²) in [6.45, 7) is 1.50. The molecule has 17 heavy (non-hydrogen) atoms. The maximum absolute atomic E-state index is 6.36. The van der Waals surface area contributed by atoms with Crippen LogP contribution in [0.5, 0.6) is 0 Å². The molecule has 1 saturated carbocycles. The summed E-state index contributed by atoms with van der Waals surface area (Å²) in [7, 11) is 0. The molecule has 5 heteroatoms. The fourth-order valence-electron chi connectivity index (χ4n) is 2.74. The van der Waals surface area contributed by atoms with E-state index in [1.807, 2.05) is 0 Å². The van der Waals surface area contributed by atoms with E-state index in [9.17, 15) is 0 Å². The van der Waals surface area contributed by atoms with Gasteiger partial charge in [0.15, 0.2) is 5.82 Å². The molecule has 2 N–H and O–H groups in total. The number of ether oxygens (including phenoxy) is 1. The fraction of sp³-hybridized carbons (Fsp3) is 0.833. The van der Waals surface area contributed by atoms with Crippen LogP contribution in [0.1, 0.15) is 56.2 Å². The van der Waals surface area contributed by atoms with Crippen molar-refractivity contribution in [2.24, 2.45) is 5.73 Å². The number of hydrogen-bond donors (Lipinski definition) is 1. The van der Waals surface area contributed by atoms with Gasteiger partial charge in [0.05, 0.1) is 12.1 Å². The summed E-state index contributed by atoms with van der Waals surface area (Å²) in [4.78, 5) is 4.50. The Morgan fingerprint density at radius 1 is 1.24 bits per heavy atom. The Morgan fingerprint density at radius 2 is 2.06 bits per heavy atom. The Kier molecular flexibility index (Phi) is 2.88. The summed E-state index contributed by atoms with van der Waals surface area (Å²) < 4.78 is 10.7. The van der Waals surface area contributed by atoms with Gasteiger partial charge in [0.25, 0.3) is 0 Å². The molecular weight excluding hydrogens is 218 g/mol. The number of nitrogens with two attached hydrogens (primary N) is 1. The summed E-state index contributed by atoms with van der Waals surface area (Å²) in [6, 6.07) is 0. The van der Waals surface area contributed by atoms with Crippen LogP contribution in [-0.4, -0.2) is 23.4 Å². The summed E-state index contributed by atoms with van der Waals surface area (Å²) in [5.41, 5.74) is 5.98. The minimum absolute atomic E-state index is 0.291. The van der Waals surface area contributed by atoms with E-state index in [2.05, 4.69) is 10.1 Å². The molecule has 0 unspecified atom stereocenters. The molecule has 5 nitrogen and oxygen atoms in total. The van der Waals surface area contributed by atoms with E-state index in [1.165, 1.54) is 6.42 Å². The Labute approximate surface area is 101 Å². The zero-order chi connectivity index (χ0) is 11.7. The van der Waals surface area contributed by atoms with Gasteiger partial charge in [0, 0.05) is 12.5 Å². The molecule has 2 fully saturated rings. The molecule has 1 saturated heterocycles. The second kappa shape index (κ2) is 4.38. The van der Waals surface area contributed by atoms with E-state index in [0.29, 0.717) is 18.4 Å². The van der Waals surface area contributed by atoms with Crippen LogP contribution in [0.2, 0.25) is 0 Å². The molecular formula is C12H19N3O2. The van der Waals surface area contributed by atoms with Crippen LogP contribution in [0.3, 0.4) is 0 Å². The quantitative estimate of drug-likeness (QED) is 0.847. The molecule has 0 bridgehead atoms. The normalized spacial score (nSPS) is 28.4. The molecule has 1 aromatic heterocycles. The van der Waals surface area contributed by atoms with Crippen LogP contribution in [0.15, 0.2) is 4.52 Å². The van der Waals surface area contributed by atoms with Gasteiger partial charge < -0.3 is 15.0 Å². The predicted molar refractivity (Wildman–Crippen MR) is 61.4 cm³/mol. The average molecular weight is 237 g/mol. The van der Waals surface area contributed by atoms with Crippen molar-refractivity contribution in [2.45, 2.75) is 50.0 Å². The first-order valence-corrected chi connectivity index (χ1v) is 6.49. The Morgan fingerprint density at radius 3 is 2.76 bits per heavy atom. The SMILES string of the molecule is NC1(c2nc([C@@H]3CCOC3)no2)CCCCC1. The average Bonchev–Trinajstić information content (AvgIpc) is 3.01. The van der Waals surface area contributed by atoms with Gasteiger partial charge in [-0.1, -0.05) is 24.4 Å². The predicted octanol–water partition coefficient (Wildman–Crippen LogP) is 1.69. The lowest BCUT2D eigenvalue weighted by Gasteiger charge is -2.29. The Balaban J connectivity index is 1.78. The molecule has 0 spiro atoms. The first-order chi connectivity index (χ1) is 8.28. The molecule has 1 aliphatic heterocycles. The van der Waals surface area contributed by atoms with Crippen molar-refractivity contribution in [3.63, 3.8) is 0 Å². The van der Waals surface area contributed by atoms with Gasteiger partial charge in [-0.2, -0.15) is 4.98 Å². The highest BCUT2D eigenvalue weighted by atomic mass is 16.5.